The first-order valence-corrected chi connectivity index (χ1v) is 6.66. The zero-order valence-corrected chi connectivity index (χ0v) is 11.9. The first-order chi connectivity index (χ1) is 9.06. The Hall–Kier alpha value is -2.01. The second-order valence-corrected chi connectivity index (χ2v) is 5.42. The molecule has 0 spiro atoms. The maximum Gasteiger partial charge on any atom is 0.211 e. The second kappa shape index (κ2) is 5.75. The monoisotopic (exact) mass is 273 g/mol. The highest BCUT2D eigenvalue weighted by Crippen LogP contribution is 2.23. The molecular weight excluding hydrogens is 258 g/mol. The summed E-state index contributed by atoms with van der Waals surface area (Å²) in [6.07, 6.45) is 3.24. The molecule has 4 nitrogen and oxygen atoms in total. The first-order valence-electron chi connectivity index (χ1n) is 5.84. The Morgan fingerprint density at radius 1 is 1.32 bits per heavy atom. The average Bonchev–Trinajstić information content (AvgIpc) is 2.85. The summed E-state index contributed by atoms with van der Waals surface area (Å²) in [5, 5.41) is 0.587. The van der Waals surface area contributed by atoms with E-state index < -0.39 is 0 Å². The number of aliphatic imine (C=N–C) groups is 1. The molecule has 0 amide bonds. The number of carbonyl (C=O) groups excluding carboxylic acids is 1. The lowest BCUT2D eigenvalue weighted by molar-refractivity contribution is 0.104. The molecule has 0 aliphatic carbocycles. The Bertz CT molecular complexity index is 599. The number of rotatable bonds is 4. The summed E-state index contributed by atoms with van der Waals surface area (Å²) in [5.74, 6) is -0.0104. The molecule has 0 saturated carbocycles. The van der Waals surface area contributed by atoms with Gasteiger partial charge in [0.1, 0.15) is 0 Å². The minimum Gasteiger partial charge on any atom is -0.369 e. The van der Waals surface area contributed by atoms with Crippen LogP contribution in [0.1, 0.15) is 20.8 Å². The summed E-state index contributed by atoms with van der Waals surface area (Å²) in [6.45, 7) is 2.00. The number of benzene rings is 1. The lowest BCUT2D eigenvalue weighted by Crippen LogP contribution is -2.06. The van der Waals surface area contributed by atoms with Gasteiger partial charge in [-0.05, 0) is 6.92 Å². The highest BCUT2D eigenvalue weighted by molar-refractivity contribution is 7.17. The van der Waals surface area contributed by atoms with E-state index in [1.807, 2.05) is 50.2 Å². The predicted octanol–water partition coefficient (Wildman–Crippen LogP) is 2.90. The van der Waals surface area contributed by atoms with Crippen molar-refractivity contribution < 1.29 is 4.79 Å². The molecule has 0 radical (unpaired) electrons. The number of aromatic nitrogens is 1. The Kier molecular flexibility index (Phi) is 4.06. The van der Waals surface area contributed by atoms with Gasteiger partial charge in [-0.25, -0.2) is 9.98 Å². The lowest BCUT2D eigenvalue weighted by Gasteiger charge is -2.00. The van der Waals surface area contributed by atoms with E-state index in [1.165, 1.54) is 11.3 Å². The summed E-state index contributed by atoms with van der Waals surface area (Å²) < 4.78 is 0. The van der Waals surface area contributed by atoms with E-state index in [-0.39, 0.29) is 5.78 Å². The number of nitrogens with zero attached hydrogens (tertiary/aromatic N) is 3. The van der Waals surface area contributed by atoms with Gasteiger partial charge in [-0.2, -0.15) is 0 Å². The summed E-state index contributed by atoms with van der Waals surface area (Å²) in [5.41, 5.74) is 1.81. The number of hydrogen-bond acceptors (Lipinski definition) is 4. The molecule has 1 aromatic carbocycles. The third-order valence-electron chi connectivity index (χ3n) is 2.43. The molecule has 0 aliphatic heterocycles. The minimum absolute atomic E-state index is 0.0104. The van der Waals surface area contributed by atoms with E-state index in [2.05, 4.69) is 9.98 Å². The zero-order valence-electron chi connectivity index (χ0n) is 11.1. The average molecular weight is 273 g/mol. The highest BCUT2D eigenvalue weighted by Gasteiger charge is 2.12. The van der Waals surface area contributed by atoms with Crippen LogP contribution in [0.5, 0.6) is 0 Å². The Morgan fingerprint density at radius 2 is 2.00 bits per heavy atom. The van der Waals surface area contributed by atoms with Crippen molar-refractivity contribution >= 4 is 28.6 Å². The van der Waals surface area contributed by atoms with Gasteiger partial charge >= 0.3 is 0 Å². The van der Waals surface area contributed by atoms with Crippen LogP contribution < -0.4 is 0 Å². The zero-order chi connectivity index (χ0) is 13.8. The molecule has 0 aliphatic rings. The van der Waals surface area contributed by atoms with Crippen molar-refractivity contribution in [2.45, 2.75) is 6.92 Å². The second-order valence-electron chi connectivity index (χ2n) is 4.41. The third kappa shape index (κ3) is 3.48. The van der Waals surface area contributed by atoms with Crippen molar-refractivity contribution in [3.63, 3.8) is 0 Å². The fourth-order valence-electron chi connectivity index (χ4n) is 1.44. The van der Waals surface area contributed by atoms with E-state index >= 15 is 0 Å². The molecule has 0 saturated heterocycles. The highest BCUT2D eigenvalue weighted by atomic mass is 32.1. The summed E-state index contributed by atoms with van der Waals surface area (Å²) in [6, 6.07) is 7.53. The van der Waals surface area contributed by atoms with Gasteiger partial charge in [0.15, 0.2) is 0 Å². The van der Waals surface area contributed by atoms with E-state index in [4.69, 9.17) is 0 Å². The Morgan fingerprint density at radius 3 is 2.63 bits per heavy atom. The van der Waals surface area contributed by atoms with Crippen LogP contribution in [0.3, 0.4) is 0 Å². The molecule has 5 heteroatoms. The van der Waals surface area contributed by atoms with Gasteiger partial charge in [-0.15, -0.1) is 0 Å². The summed E-state index contributed by atoms with van der Waals surface area (Å²) in [7, 11) is 3.77. The van der Waals surface area contributed by atoms with Crippen LogP contribution in [-0.4, -0.2) is 36.1 Å². The van der Waals surface area contributed by atoms with Crippen LogP contribution in [0.4, 0.5) is 5.13 Å². The summed E-state index contributed by atoms with van der Waals surface area (Å²) >= 11 is 1.30. The predicted molar refractivity (Wildman–Crippen MR) is 78.6 cm³/mol. The van der Waals surface area contributed by atoms with E-state index in [1.54, 1.807) is 12.5 Å². The van der Waals surface area contributed by atoms with Gasteiger partial charge in [0.05, 0.1) is 17.4 Å². The topological polar surface area (TPSA) is 45.6 Å². The fraction of sp³-hybridized carbons (Fsp3) is 0.214. The normalized spacial score (nSPS) is 10.9. The number of carbonyl (C=O) groups is 1. The van der Waals surface area contributed by atoms with Gasteiger partial charge in [-0.1, -0.05) is 41.2 Å². The maximum absolute atomic E-state index is 12.2. The van der Waals surface area contributed by atoms with Crippen molar-refractivity contribution in [1.29, 1.82) is 0 Å². The molecule has 0 unspecified atom stereocenters. The molecule has 19 heavy (non-hydrogen) atoms. The van der Waals surface area contributed by atoms with Crippen molar-refractivity contribution in [2.75, 3.05) is 14.1 Å². The standard InChI is InChI=1S/C14H15N3OS/c1-10-4-6-11(7-5-10)13(18)12-8-15-14(19-12)16-9-17(2)3/h4-9H,1-3H3. The van der Waals surface area contributed by atoms with Crippen molar-refractivity contribution in [2.24, 2.45) is 4.99 Å². The van der Waals surface area contributed by atoms with Crippen molar-refractivity contribution in [3.8, 4) is 0 Å². The molecular formula is C14H15N3OS. The molecule has 1 heterocycles. The molecule has 2 rings (SSSR count). The van der Waals surface area contributed by atoms with Crippen LogP contribution >= 0.6 is 11.3 Å². The van der Waals surface area contributed by atoms with Gasteiger partial charge in [0.25, 0.3) is 0 Å². The van der Waals surface area contributed by atoms with Crippen LogP contribution in [0, 0.1) is 6.92 Å². The summed E-state index contributed by atoms with van der Waals surface area (Å²) in [4.78, 5) is 22.9. The van der Waals surface area contributed by atoms with E-state index in [9.17, 15) is 4.79 Å². The smallest absolute Gasteiger partial charge is 0.211 e. The number of hydrogen-bond donors (Lipinski definition) is 0. The number of ketones is 1. The minimum atomic E-state index is -0.0104. The Balaban J connectivity index is 2.18. The third-order valence-corrected chi connectivity index (χ3v) is 3.33. The molecule has 0 fully saturated rings. The van der Waals surface area contributed by atoms with Gasteiger partial charge < -0.3 is 4.90 Å². The quantitative estimate of drug-likeness (QED) is 0.489. The van der Waals surface area contributed by atoms with Gasteiger partial charge in [-0.3, -0.25) is 4.79 Å². The van der Waals surface area contributed by atoms with Gasteiger partial charge in [0, 0.05) is 19.7 Å². The Labute approximate surface area is 116 Å². The largest absolute Gasteiger partial charge is 0.369 e. The molecule has 0 N–H and O–H groups in total. The SMILES string of the molecule is Cc1ccc(C(=O)c2cnc(N=CN(C)C)s2)cc1. The van der Waals surface area contributed by atoms with Crippen LogP contribution in [0.15, 0.2) is 35.5 Å². The molecule has 0 atom stereocenters. The molecule has 0 bridgehead atoms. The number of aryl methyl sites for hydroxylation is 1. The van der Waals surface area contributed by atoms with Gasteiger partial charge in [0.2, 0.25) is 10.9 Å². The molecule has 2 aromatic rings. The molecule has 1 aromatic heterocycles. The number of thiazole rings is 1. The fourth-order valence-corrected chi connectivity index (χ4v) is 2.16. The lowest BCUT2D eigenvalue weighted by atomic mass is 10.1. The van der Waals surface area contributed by atoms with Crippen LogP contribution in [-0.2, 0) is 0 Å². The van der Waals surface area contributed by atoms with Crippen LogP contribution in [0.2, 0.25) is 0 Å². The van der Waals surface area contributed by atoms with E-state index in [0.29, 0.717) is 15.6 Å². The maximum atomic E-state index is 12.2. The first kappa shape index (κ1) is 13.4. The van der Waals surface area contributed by atoms with E-state index in [0.717, 1.165) is 5.56 Å². The van der Waals surface area contributed by atoms with Crippen molar-refractivity contribution in [3.05, 3.63) is 46.5 Å². The van der Waals surface area contributed by atoms with Crippen LogP contribution in [0.25, 0.3) is 0 Å². The molecule has 98 valence electrons. The van der Waals surface area contributed by atoms with Crippen molar-refractivity contribution in [1.82, 2.24) is 9.88 Å².